The maximum Gasteiger partial charge on any atom is 0.251 e. The number of hydrogen-bond acceptors (Lipinski definition) is 3. The van der Waals surface area contributed by atoms with Gasteiger partial charge in [0.15, 0.2) is 11.5 Å². The van der Waals surface area contributed by atoms with Crippen LogP contribution in [0.2, 0.25) is 0 Å². The van der Waals surface area contributed by atoms with E-state index in [9.17, 15) is 13.6 Å². The summed E-state index contributed by atoms with van der Waals surface area (Å²) in [5.74, 6) is -0.939. The molecule has 0 unspecified atom stereocenters. The van der Waals surface area contributed by atoms with E-state index in [-0.39, 0.29) is 11.6 Å². The van der Waals surface area contributed by atoms with Gasteiger partial charge in [-0.3, -0.25) is 4.79 Å². The fourth-order valence-electron chi connectivity index (χ4n) is 2.39. The second-order valence-electron chi connectivity index (χ2n) is 5.43. The summed E-state index contributed by atoms with van der Waals surface area (Å²) in [6, 6.07) is 7.70. The standard InChI is InChI=1S/C19H21F2NO3/c1-4-24-17-7-6-13(10-18(17)25-5-2)12(3)22-19(23)14-8-15(20)11-16(21)9-14/h6-12H,4-5H2,1-3H3,(H,22,23)/t12-/m0/s1. The van der Waals surface area contributed by atoms with E-state index in [2.05, 4.69) is 5.32 Å². The van der Waals surface area contributed by atoms with Crippen LogP contribution in [0.3, 0.4) is 0 Å². The molecule has 1 amide bonds. The summed E-state index contributed by atoms with van der Waals surface area (Å²) in [4.78, 5) is 12.2. The molecule has 0 saturated heterocycles. The van der Waals surface area contributed by atoms with Crippen LogP contribution in [0, 0.1) is 11.6 Å². The van der Waals surface area contributed by atoms with Crippen molar-refractivity contribution in [2.24, 2.45) is 0 Å². The molecule has 0 bridgehead atoms. The van der Waals surface area contributed by atoms with Crippen LogP contribution in [0.15, 0.2) is 36.4 Å². The maximum absolute atomic E-state index is 13.3. The Labute approximate surface area is 145 Å². The zero-order valence-electron chi connectivity index (χ0n) is 14.4. The number of amides is 1. The molecule has 1 N–H and O–H groups in total. The van der Waals surface area contributed by atoms with Gasteiger partial charge in [-0.1, -0.05) is 6.07 Å². The first-order valence-corrected chi connectivity index (χ1v) is 8.11. The average Bonchev–Trinajstić information content (AvgIpc) is 2.55. The summed E-state index contributed by atoms with van der Waals surface area (Å²) in [5, 5.41) is 2.72. The Bertz CT molecular complexity index is 729. The highest BCUT2D eigenvalue weighted by molar-refractivity contribution is 5.94. The normalized spacial score (nSPS) is 11.7. The monoisotopic (exact) mass is 349 g/mol. The van der Waals surface area contributed by atoms with Crippen LogP contribution in [0.4, 0.5) is 8.78 Å². The highest BCUT2D eigenvalue weighted by atomic mass is 19.1. The predicted octanol–water partition coefficient (Wildman–Crippen LogP) is 4.25. The largest absolute Gasteiger partial charge is 0.490 e. The molecule has 134 valence electrons. The predicted molar refractivity (Wildman–Crippen MR) is 91.0 cm³/mol. The van der Waals surface area contributed by atoms with Crippen LogP contribution >= 0.6 is 0 Å². The number of benzene rings is 2. The molecular weight excluding hydrogens is 328 g/mol. The number of carbonyl (C=O) groups is 1. The van der Waals surface area contributed by atoms with Crippen LogP contribution in [0.5, 0.6) is 11.5 Å². The number of nitrogens with one attached hydrogen (secondary N) is 1. The molecule has 0 radical (unpaired) electrons. The molecule has 2 rings (SSSR count). The van der Waals surface area contributed by atoms with Gasteiger partial charge in [0, 0.05) is 11.6 Å². The number of rotatable bonds is 7. The van der Waals surface area contributed by atoms with Gasteiger partial charge in [0.2, 0.25) is 0 Å². The lowest BCUT2D eigenvalue weighted by Crippen LogP contribution is -2.26. The Balaban J connectivity index is 2.17. The Morgan fingerprint density at radius 1 is 1.00 bits per heavy atom. The van der Waals surface area contributed by atoms with Gasteiger partial charge in [-0.25, -0.2) is 8.78 Å². The number of halogens is 2. The van der Waals surface area contributed by atoms with Crippen molar-refractivity contribution in [3.63, 3.8) is 0 Å². The topological polar surface area (TPSA) is 47.6 Å². The van der Waals surface area contributed by atoms with Crippen molar-refractivity contribution >= 4 is 5.91 Å². The lowest BCUT2D eigenvalue weighted by Gasteiger charge is -2.17. The molecule has 1 atom stereocenters. The average molecular weight is 349 g/mol. The number of carbonyl (C=O) groups excluding carboxylic acids is 1. The van der Waals surface area contributed by atoms with Crippen molar-refractivity contribution in [2.45, 2.75) is 26.8 Å². The van der Waals surface area contributed by atoms with Crippen LogP contribution in [0.1, 0.15) is 42.7 Å². The number of ether oxygens (including phenoxy) is 2. The van der Waals surface area contributed by atoms with Gasteiger partial charge in [0.1, 0.15) is 11.6 Å². The van der Waals surface area contributed by atoms with E-state index < -0.39 is 17.5 Å². The quantitative estimate of drug-likeness (QED) is 0.813. The summed E-state index contributed by atoms with van der Waals surface area (Å²) in [6.45, 7) is 6.51. The zero-order chi connectivity index (χ0) is 18.4. The molecule has 0 saturated carbocycles. The van der Waals surface area contributed by atoms with Gasteiger partial charge >= 0.3 is 0 Å². The minimum Gasteiger partial charge on any atom is -0.490 e. The minimum atomic E-state index is -0.794. The third-order valence-corrected chi connectivity index (χ3v) is 3.54. The second-order valence-corrected chi connectivity index (χ2v) is 5.43. The summed E-state index contributed by atoms with van der Waals surface area (Å²) in [6.07, 6.45) is 0. The van der Waals surface area contributed by atoms with Gasteiger partial charge in [-0.15, -0.1) is 0 Å². The third-order valence-electron chi connectivity index (χ3n) is 3.54. The van der Waals surface area contributed by atoms with Crippen molar-refractivity contribution < 1.29 is 23.0 Å². The first-order chi connectivity index (χ1) is 11.9. The summed E-state index contributed by atoms with van der Waals surface area (Å²) in [5.41, 5.74) is 0.720. The highest BCUT2D eigenvalue weighted by Gasteiger charge is 2.15. The van der Waals surface area contributed by atoms with E-state index in [1.54, 1.807) is 19.1 Å². The molecule has 0 fully saturated rings. The molecule has 6 heteroatoms. The molecule has 4 nitrogen and oxygen atoms in total. The Morgan fingerprint density at radius 3 is 2.20 bits per heavy atom. The first kappa shape index (κ1) is 18.7. The van der Waals surface area contributed by atoms with E-state index in [1.807, 2.05) is 19.9 Å². The van der Waals surface area contributed by atoms with Gasteiger partial charge in [-0.2, -0.15) is 0 Å². The second kappa shape index (κ2) is 8.46. The molecule has 0 aliphatic rings. The van der Waals surface area contributed by atoms with E-state index in [1.165, 1.54) is 0 Å². The van der Waals surface area contributed by atoms with Crippen molar-refractivity contribution in [3.8, 4) is 11.5 Å². The lowest BCUT2D eigenvalue weighted by atomic mass is 10.1. The van der Waals surface area contributed by atoms with Crippen LogP contribution in [0.25, 0.3) is 0 Å². The molecule has 0 aromatic heterocycles. The van der Waals surface area contributed by atoms with Crippen LogP contribution in [-0.4, -0.2) is 19.1 Å². The molecule has 2 aromatic rings. The Kier molecular flexibility index (Phi) is 6.33. The molecule has 0 spiro atoms. The van der Waals surface area contributed by atoms with Gasteiger partial charge in [0.25, 0.3) is 5.91 Å². The first-order valence-electron chi connectivity index (χ1n) is 8.11. The Morgan fingerprint density at radius 2 is 1.60 bits per heavy atom. The van der Waals surface area contributed by atoms with Crippen molar-refractivity contribution in [1.82, 2.24) is 5.32 Å². The van der Waals surface area contributed by atoms with Crippen molar-refractivity contribution in [1.29, 1.82) is 0 Å². The van der Waals surface area contributed by atoms with E-state index in [0.29, 0.717) is 24.7 Å². The SMILES string of the molecule is CCOc1ccc([C@H](C)NC(=O)c2cc(F)cc(F)c2)cc1OCC. The zero-order valence-corrected chi connectivity index (χ0v) is 14.4. The van der Waals surface area contributed by atoms with E-state index in [0.717, 1.165) is 23.8 Å². The van der Waals surface area contributed by atoms with Gasteiger partial charge in [-0.05, 0) is 50.6 Å². The molecule has 0 heterocycles. The van der Waals surface area contributed by atoms with Crippen molar-refractivity contribution in [2.75, 3.05) is 13.2 Å². The molecular formula is C19H21F2NO3. The molecule has 2 aromatic carbocycles. The van der Waals surface area contributed by atoms with E-state index >= 15 is 0 Å². The molecule has 0 aliphatic heterocycles. The summed E-state index contributed by atoms with van der Waals surface area (Å²) < 4.78 is 37.6. The maximum atomic E-state index is 13.3. The summed E-state index contributed by atoms with van der Waals surface area (Å²) >= 11 is 0. The minimum absolute atomic E-state index is 0.0691. The lowest BCUT2D eigenvalue weighted by molar-refractivity contribution is 0.0939. The van der Waals surface area contributed by atoms with Gasteiger partial charge < -0.3 is 14.8 Å². The van der Waals surface area contributed by atoms with Crippen LogP contribution in [-0.2, 0) is 0 Å². The van der Waals surface area contributed by atoms with Crippen LogP contribution < -0.4 is 14.8 Å². The highest BCUT2D eigenvalue weighted by Crippen LogP contribution is 2.30. The fourth-order valence-corrected chi connectivity index (χ4v) is 2.39. The molecule has 0 aliphatic carbocycles. The number of hydrogen-bond donors (Lipinski definition) is 1. The smallest absolute Gasteiger partial charge is 0.251 e. The fraction of sp³-hybridized carbons (Fsp3) is 0.316. The Hall–Kier alpha value is -2.63. The van der Waals surface area contributed by atoms with E-state index in [4.69, 9.17) is 9.47 Å². The summed E-state index contributed by atoms with van der Waals surface area (Å²) in [7, 11) is 0. The van der Waals surface area contributed by atoms with Crippen molar-refractivity contribution in [3.05, 3.63) is 59.2 Å². The van der Waals surface area contributed by atoms with Gasteiger partial charge in [0.05, 0.1) is 19.3 Å². The molecule has 25 heavy (non-hydrogen) atoms. The third kappa shape index (κ3) is 4.92.